The third kappa shape index (κ3) is 5.72. The first-order valence-electron chi connectivity index (χ1n) is 6.78. The Morgan fingerprint density at radius 2 is 1.91 bits per heavy atom. The van der Waals surface area contributed by atoms with Crippen LogP contribution in [0.15, 0.2) is 36.4 Å². The van der Waals surface area contributed by atoms with Crippen LogP contribution in [0.25, 0.3) is 0 Å². The minimum absolute atomic E-state index is 0.202. The molecule has 0 amide bonds. The lowest BCUT2D eigenvalue weighted by Gasteiger charge is -2.20. The van der Waals surface area contributed by atoms with E-state index in [-0.39, 0.29) is 17.9 Å². The quantitative estimate of drug-likeness (QED) is 0.435. The topological polar surface area (TPSA) is 91.3 Å². The molecule has 0 heterocycles. The van der Waals surface area contributed by atoms with Gasteiger partial charge in [0.05, 0.1) is 7.11 Å². The SMILES string of the molecule is C=C(C)C(=O)OCC(OC)C(O)C(=O)Oc1cccc(OC)c1. The van der Waals surface area contributed by atoms with Crippen molar-refractivity contribution in [1.29, 1.82) is 0 Å². The average molecular weight is 324 g/mol. The minimum Gasteiger partial charge on any atom is -0.497 e. The van der Waals surface area contributed by atoms with E-state index in [1.54, 1.807) is 12.1 Å². The maximum atomic E-state index is 11.9. The van der Waals surface area contributed by atoms with Gasteiger partial charge in [0.1, 0.15) is 24.2 Å². The zero-order valence-corrected chi connectivity index (χ0v) is 13.3. The van der Waals surface area contributed by atoms with Crippen molar-refractivity contribution in [3.8, 4) is 11.5 Å². The molecule has 0 aliphatic rings. The van der Waals surface area contributed by atoms with Crippen LogP contribution in [-0.4, -0.2) is 50.1 Å². The Morgan fingerprint density at radius 3 is 2.48 bits per heavy atom. The molecule has 2 unspecified atom stereocenters. The first-order chi connectivity index (χ1) is 10.9. The zero-order chi connectivity index (χ0) is 17.4. The van der Waals surface area contributed by atoms with Crippen LogP contribution in [0.3, 0.4) is 0 Å². The summed E-state index contributed by atoms with van der Waals surface area (Å²) in [6, 6.07) is 6.35. The van der Waals surface area contributed by atoms with E-state index in [1.165, 1.54) is 33.3 Å². The second-order valence-corrected chi connectivity index (χ2v) is 4.70. The fraction of sp³-hybridized carbons (Fsp3) is 0.375. The van der Waals surface area contributed by atoms with E-state index in [2.05, 4.69) is 6.58 Å². The summed E-state index contributed by atoms with van der Waals surface area (Å²) in [5.41, 5.74) is 0.202. The van der Waals surface area contributed by atoms with E-state index in [9.17, 15) is 14.7 Å². The number of esters is 2. The van der Waals surface area contributed by atoms with Crippen molar-refractivity contribution in [3.63, 3.8) is 0 Å². The summed E-state index contributed by atoms with van der Waals surface area (Å²) in [5, 5.41) is 9.97. The molecule has 0 radical (unpaired) electrons. The third-order valence-corrected chi connectivity index (χ3v) is 2.88. The van der Waals surface area contributed by atoms with E-state index < -0.39 is 24.1 Å². The fourth-order valence-corrected chi connectivity index (χ4v) is 1.56. The van der Waals surface area contributed by atoms with E-state index in [0.29, 0.717) is 5.75 Å². The number of hydrogen-bond acceptors (Lipinski definition) is 7. The Hall–Kier alpha value is -2.38. The predicted octanol–water partition coefficient (Wildman–Crippen LogP) is 1.10. The highest BCUT2D eigenvalue weighted by Gasteiger charge is 2.29. The number of benzene rings is 1. The molecule has 0 aliphatic heterocycles. The molecule has 1 N–H and O–H groups in total. The number of methoxy groups -OCH3 is 2. The van der Waals surface area contributed by atoms with Crippen LogP contribution in [0.4, 0.5) is 0 Å². The molecule has 2 atom stereocenters. The Labute approximate surface area is 134 Å². The van der Waals surface area contributed by atoms with Gasteiger partial charge in [-0.15, -0.1) is 0 Å². The lowest BCUT2D eigenvalue weighted by atomic mass is 10.2. The highest BCUT2D eigenvalue weighted by atomic mass is 16.6. The second-order valence-electron chi connectivity index (χ2n) is 4.70. The largest absolute Gasteiger partial charge is 0.497 e. The van der Waals surface area contributed by atoms with Crippen LogP contribution in [0.2, 0.25) is 0 Å². The molecule has 1 rings (SSSR count). The molecule has 0 aliphatic carbocycles. The summed E-state index contributed by atoms with van der Waals surface area (Å²) < 4.78 is 19.9. The summed E-state index contributed by atoms with van der Waals surface area (Å²) in [5.74, 6) is -0.859. The Balaban J connectivity index is 2.65. The number of carbonyl (C=O) groups is 2. The first-order valence-corrected chi connectivity index (χ1v) is 6.78. The van der Waals surface area contributed by atoms with Gasteiger partial charge in [0.15, 0.2) is 6.10 Å². The van der Waals surface area contributed by atoms with Gasteiger partial charge in [0, 0.05) is 18.7 Å². The third-order valence-electron chi connectivity index (χ3n) is 2.88. The van der Waals surface area contributed by atoms with Crippen LogP contribution < -0.4 is 9.47 Å². The van der Waals surface area contributed by atoms with Gasteiger partial charge in [-0.3, -0.25) is 0 Å². The van der Waals surface area contributed by atoms with Crippen LogP contribution in [0.1, 0.15) is 6.92 Å². The number of carbonyl (C=O) groups excluding carboxylic acids is 2. The standard InChI is InChI=1S/C16H20O7/c1-10(2)15(18)22-9-13(21-4)14(17)16(19)23-12-7-5-6-11(8-12)20-3/h5-8,13-14,17H,1,9H2,2-4H3. The van der Waals surface area contributed by atoms with Crippen LogP contribution in [-0.2, 0) is 19.1 Å². The Kier molecular flexibility index (Phi) is 7.24. The van der Waals surface area contributed by atoms with E-state index in [1.807, 2.05) is 0 Å². The van der Waals surface area contributed by atoms with Gasteiger partial charge in [-0.25, -0.2) is 9.59 Å². The van der Waals surface area contributed by atoms with Gasteiger partial charge in [0.2, 0.25) is 0 Å². The summed E-state index contributed by atoms with van der Waals surface area (Å²) in [6.07, 6.45) is -2.68. The summed E-state index contributed by atoms with van der Waals surface area (Å²) in [4.78, 5) is 23.3. The van der Waals surface area contributed by atoms with Gasteiger partial charge in [-0.05, 0) is 19.1 Å². The van der Waals surface area contributed by atoms with Gasteiger partial charge in [-0.2, -0.15) is 0 Å². The highest BCUT2D eigenvalue weighted by molar-refractivity contribution is 5.87. The lowest BCUT2D eigenvalue weighted by Crippen LogP contribution is -2.41. The van der Waals surface area contributed by atoms with Crippen molar-refractivity contribution in [1.82, 2.24) is 0 Å². The number of rotatable bonds is 8. The van der Waals surface area contributed by atoms with Crippen LogP contribution in [0, 0.1) is 0 Å². The molecule has 1 aromatic rings. The maximum Gasteiger partial charge on any atom is 0.343 e. The summed E-state index contributed by atoms with van der Waals surface area (Å²) >= 11 is 0. The van der Waals surface area contributed by atoms with Crippen LogP contribution >= 0.6 is 0 Å². The zero-order valence-electron chi connectivity index (χ0n) is 13.3. The molecule has 0 fully saturated rings. The molecule has 0 saturated carbocycles. The average Bonchev–Trinajstić information content (AvgIpc) is 2.54. The fourth-order valence-electron chi connectivity index (χ4n) is 1.56. The molecule has 7 heteroatoms. The smallest absolute Gasteiger partial charge is 0.343 e. The maximum absolute atomic E-state index is 11.9. The van der Waals surface area contributed by atoms with Crippen molar-refractivity contribution in [2.24, 2.45) is 0 Å². The molecular formula is C16H20O7. The molecule has 126 valence electrons. The number of hydrogen-bond donors (Lipinski definition) is 1. The minimum atomic E-state index is -1.62. The predicted molar refractivity (Wildman–Crippen MR) is 81.2 cm³/mol. The van der Waals surface area contributed by atoms with Crippen molar-refractivity contribution >= 4 is 11.9 Å². The van der Waals surface area contributed by atoms with Crippen molar-refractivity contribution in [3.05, 3.63) is 36.4 Å². The lowest BCUT2D eigenvalue weighted by molar-refractivity contribution is -0.159. The normalized spacial score (nSPS) is 12.9. The molecule has 0 bridgehead atoms. The van der Waals surface area contributed by atoms with Gasteiger partial charge >= 0.3 is 11.9 Å². The molecule has 0 saturated heterocycles. The van der Waals surface area contributed by atoms with Gasteiger partial charge < -0.3 is 24.1 Å². The number of aliphatic hydroxyl groups is 1. The molecule has 0 spiro atoms. The number of ether oxygens (including phenoxy) is 4. The summed E-state index contributed by atoms with van der Waals surface area (Å²) in [6.45, 7) is 4.60. The van der Waals surface area contributed by atoms with Crippen LogP contribution in [0.5, 0.6) is 11.5 Å². The highest BCUT2D eigenvalue weighted by Crippen LogP contribution is 2.19. The van der Waals surface area contributed by atoms with E-state index >= 15 is 0 Å². The van der Waals surface area contributed by atoms with Crippen molar-refractivity contribution < 1.29 is 33.6 Å². The van der Waals surface area contributed by atoms with Crippen molar-refractivity contribution in [2.45, 2.75) is 19.1 Å². The number of aliphatic hydroxyl groups excluding tert-OH is 1. The van der Waals surface area contributed by atoms with E-state index in [0.717, 1.165) is 0 Å². The second kappa shape index (κ2) is 8.92. The summed E-state index contributed by atoms with van der Waals surface area (Å²) in [7, 11) is 2.76. The molecule has 7 nitrogen and oxygen atoms in total. The first kappa shape index (κ1) is 18.7. The molecule has 1 aromatic carbocycles. The Bertz CT molecular complexity index is 567. The molecule has 0 aromatic heterocycles. The monoisotopic (exact) mass is 324 g/mol. The van der Waals surface area contributed by atoms with Gasteiger partial charge in [0.25, 0.3) is 0 Å². The van der Waals surface area contributed by atoms with E-state index in [4.69, 9.17) is 18.9 Å². The molecular weight excluding hydrogens is 304 g/mol. The Morgan fingerprint density at radius 1 is 1.26 bits per heavy atom. The van der Waals surface area contributed by atoms with Crippen molar-refractivity contribution in [2.75, 3.05) is 20.8 Å². The molecule has 23 heavy (non-hydrogen) atoms. The van der Waals surface area contributed by atoms with Gasteiger partial charge in [-0.1, -0.05) is 12.6 Å².